The monoisotopic (exact) mass is 405 g/mol. The molecule has 0 aliphatic heterocycles. The molecule has 2 aromatic carbocycles. The number of para-hydroxylation sites is 1. The lowest BCUT2D eigenvalue weighted by atomic mass is 10.1. The Kier molecular flexibility index (Phi) is 3.95. The molecular weight excluding hydrogens is 393 g/mol. The van der Waals surface area contributed by atoms with Gasteiger partial charge in [-0.1, -0.05) is 18.2 Å². The lowest BCUT2D eigenvalue weighted by Crippen LogP contribution is -2.29. The summed E-state index contributed by atoms with van der Waals surface area (Å²) in [6.45, 7) is 0. The van der Waals surface area contributed by atoms with Gasteiger partial charge in [-0.05, 0) is 52.9 Å². The van der Waals surface area contributed by atoms with Crippen LogP contribution in [0.1, 0.15) is 20.7 Å². The Morgan fingerprint density at radius 2 is 1.73 bits per heavy atom. The van der Waals surface area contributed by atoms with Gasteiger partial charge in [-0.25, -0.2) is 5.84 Å². The molecule has 1 aromatic heterocycles. The van der Waals surface area contributed by atoms with Crippen LogP contribution in [-0.2, 0) is 0 Å². The lowest BCUT2D eigenvalue weighted by molar-refractivity contribution is 0.0955. The van der Waals surface area contributed by atoms with Gasteiger partial charge < -0.3 is 0 Å². The summed E-state index contributed by atoms with van der Waals surface area (Å²) in [4.78, 5) is 24.6. The highest BCUT2D eigenvalue weighted by atomic mass is 127. The Labute approximate surface area is 140 Å². The molecule has 0 atom stereocenters. The average molecular weight is 405 g/mol. The normalized spacial score (nSPS) is 10.6. The maximum atomic E-state index is 12.7. The highest BCUT2D eigenvalue weighted by molar-refractivity contribution is 14.1. The van der Waals surface area contributed by atoms with E-state index in [4.69, 9.17) is 5.84 Å². The second-order valence-electron chi connectivity index (χ2n) is 4.72. The predicted octanol–water partition coefficient (Wildman–Crippen LogP) is 2.54. The fourth-order valence-corrected chi connectivity index (χ4v) is 2.70. The fourth-order valence-electron chi connectivity index (χ4n) is 2.34. The Hall–Kier alpha value is -2.19. The minimum absolute atomic E-state index is 0.191. The molecular formula is C16H12IN3O2. The third-order valence-corrected chi connectivity index (χ3v) is 4.12. The van der Waals surface area contributed by atoms with Crippen molar-refractivity contribution in [2.75, 3.05) is 0 Å². The van der Waals surface area contributed by atoms with Crippen LogP contribution in [0.25, 0.3) is 10.9 Å². The van der Waals surface area contributed by atoms with Crippen LogP contribution < -0.4 is 11.3 Å². The van der Waals surface area contributed by atoms with E-state index in [-0.39, 0.29) is 5.91 Å². The summed E-state index contributed by atoms with van der Waals surface area (Å²) in [6.07, 6.45) is 1.52. The van der Waals surface area contributed by atoms with E-state index >= 15 is 0 Å². The van der Waals surface area contributed by atoms with E-state index in [1.54, 1.807) is 24.3 Å². The topological polar surface area (TPSA) is 77.1 Å². The van der Waals surface area contributed by atoms with E-state index in [9.17, 15) is 9.59 Å². The first-order valence-corrected chi connectivity index (χ1v) is 7.61. The summed E-state index contributed by atoms with van der Waals surface area (Å²) in [5.41, 5.74) is 3.71. The number of hydrogen-bond acceptors (Lipinski definition) is 3. The second-order valence-corrected chi connectivity index (χ2v) is 5.96. The van der Waals surface area contributed by atoms with Gasteiger partial charge in [0.1, 0.15) is 0 Å². The van der Waals surface area contributed by atoms with Crippen molar-refractivity contribution in [3.63, 3.8) is 0 Å². The average Bonchev–Trinajstić information content (AvgIpc) is 2.94. The highest BCUT2D eigenvalue weighted by Gasteiger charge is 2.18. The summed E-state index contributed by atoms with van der Waals surface area (Å²) < 4.78 is 2.52. The third kappa shape index (κ3) is 2.51. The van der Waals surface area contributed by atoms with Crippen LogP contribution in [0.4, 0.5) is 0 Å². The first kappa shape index (κ1) is 14.7. The van der Waals surface area contributed by atoms with Gasteiger partial charge in [0.2, 0.25) is 0 Å². The zero-order valence-corrected chi connectivity index (χ0v) is 13.6. The first-order chi connectivity index (χ1) is 10.6. The Morgan fingerprint density at radius 3 is 2.41 bits per heavy atom. The van der Waals surface area contributed by atoms with Crippen LogP contribution in [0.2, 0.25) is 0 Å². The number of nitrogens with zero attached hydrogens (tertiary/aromatic N) is 1. The minimum atomic E-state index is -0.426. The van der Waals surface area contributed by atoms with E-state index in [2.05, 4.69) is 28.0 Å². The number of halogens is 1. The Bertz CT molecular complexity index is 869. The number of aromatic nitrogens is 1. The zero-order valence-electron chi connectivity index (χ0n) is 11.4. The Balaban J connectivity index is 2.16. The summed E-state index contributed by atoms with van der Waals surface area (Å²) in [5.74, 6) is 4.60. The number of carbonyl (C=O) groups is 2. The van der Waals surface area contributed by atoms with E-state index in [1.807, 2.05) is 24.3 Å². The number of hydrogen-bond donors (Lipinski definition) is 2. The lowest BCUT2D eigenvalue weighted by Gasteiger charge is -2.04. The first-order valence-electron chi connectivity index (χ1n) is 6.53. The largest absolute Gasteiger partial charge is 0.290 e. The fraction of sp³-hybridized carbons (Fsp3) is 0. The number of benzene rings is 2. The molecule has 0 saturated carbocycles. The molecule has 5 nitrogen and oxygen atoms in total. The van der Waals surface area contributed by atoms with Crippen molar-refractivity contribution in [3.8, 4) is 0 Å². The Morgan fingerprint density at radius 1 is 1.05 bits per heavy atom. The van der Waals surface area contributed by atoms with Crippen molar-refractivity contribution in [1.82, 2.24) is 9.99 Å². The van der Waals surface area contributed by atoms with Crippen molar-refractivity contribution in [3.05, 3.63) is 69.4 Å². The molecule has 0 aliphatic carbocycles. The maximum absolute atomic E-state index is 12.7. The van der Waals surface area contributed by atoms with Crippen molar-refractivity contribution >= 4 is 45.3 Å². The molecule has 3 N–H and O–H groups in total. The van der Waals surface area contributed by atoms with Gasteiger partial charge in [0.05, 0.1) is 11.1 Å². The summed E-state index contributed by atoms with van der Waals surface area (Å²) in [5, 5.41) is 0.685. The third-order valence-electron chi connectivity index (χ3n) is 3.40. The van der Waals surface area contributed by atoms with Crippen LogP contribution in [0, 0.1) is 3.57 Å². The van der Waals surface area contributed by atoms with Gasteiger partial charge in [-0.3, -0.25) is 19.6 Å². The second kappa shape index (κ2) is 5.90. The zero-order chi connectivity index (χ0) is 15.7. The van der Waals surface area contributed by atoms with Crippen LogP contribution in [0.15, 0.2) is 54.7 Å². The SMILES string of the molecule is NNC(=O)c1cn(C(=O)c2ccc(I)cc2)c2ccccc12. The quantitative estimate of drug-likeness (QED) is 0.298. The highest BCUT2D eigenvalue weighted by Crippen LogP contribution is 2.22. The number of carbonyl (C=O) groups excluding carboxylic acids is 2. The van der Waals surface area contributed by atoms with Crippen LogP contribution in [-0.4, -0.2) is 16.4 Å². The summed E-state index contributed by atoms with van der Waals surface area (Å²) in [7, 11) is 0. The predicted molar refractivity (Wildman–Crippen MR) is 92.5 cm³/mol. The number of nitrogens with one attached hydrogen (secondary N) is 1. The van der Waals surface area contributed by atoms with Gasteiger partial charge in [0.25, 0.3) is 11.8 Å². The molecule has 22 heavy (non-hydrogen) atoms. The molecule has 1 amide bonds. The van der Waals surface area contributed by atoms with Crippen LogP contribution >= 0.6 is 22.6 Å². The smallest absolute Gasteiger partial charge is 0.267 e. The molecule has 0 bridgehead atoms. The molecule has 0 fully saturated rings. The molecule has 0 saturated heterocycles. The van der Waals surface area contributed by atoms with Crippen LogP contribution in [0.5, 0.6) is 0 Å². The van der Waals surface area contributed by atoms with E-state index in [1.165, 1.54) is 10.8 Å². The number of amides is 1. The van der Waals surface area contributed by atoms with Crippen molar-refractivity contribution in [1.29, 1.82) is 0 Å². The number of hydrazine groups is 1. The molecule has 0 radical (unpaired) electrons. The van der Waals surface area contributed by atoms with Gasteiger partial charge in [0, 0.05) is 20.7 Å². The molecule has 110 valence electrons. The standard InChI is InChI=1S/C16H12IN3O2/c17-11-7-5-10(6-8-11)16(22)20-9-13(15(21)19-18)12-3-1-2-4-14(12)20/h1-9H,18H2,(H,19,21). The van der Waals surface area contributed by atoms with Gasteiger partial charge in [-0.2, -0.15) is 0 Å². The minimum Gasteiger partial charge on any atom is -0.290 e. The number of nitrogen functional groups attached to an aromatic ring is 1. The molecule has 0 unspecified atom stereocenters. The van der Waals surface area contributed by atoms with Crippen molar-refractivity contribution in [2.45, 2.75) is 0 Å². The van der Waals surface area contributed by atoms with Gasteiger partial charge >= 0.3 is 0 Å². The maximum Gasteiger partial charge on any atom is 0.267 e. The molecule has 0 spiro atoms. The summed E-state index contributed by atoms with van der Waals surface area (Å²) in [6, 6.07) is 14.5. The van der Waals surface area contributed by atoms with Crippen LogP contribution in [0.3, 0.4) is 0 Å². The number of nitrogens with two attached hydrogens (primary N) is 1. The van der Waals surface area contributed by atoms with Gasteiger partial charge in [-0.15, -0.1) is 0 Å². The van der Waals surface area contributed by atoms with Crippen molar-refractivity contribution < 1.29 is 9.59 Å². The molecule has 1 heterocycles. The molecule has 0 aliphatic rings. The molecule has 6 heteroatoms. The van der Waals surface area contributed by atoms with E-state index < -0.39 is 5.91 Å². The van der Waals surface area contributed by atoms with E-state index in [0.717, 1.165) is 3.57 Å². The number of fused-ring (bicyclic) bond motifs is 1. The van der Waals surface area contributed by atoms with Gasteiger partial charge in [0.15, 0.2) is 0 Å². The van der Waals surface area contributed by atoms with Crippen molar-refractivity contribution in [2.24, 2.45) is 5.84 Å². The molecule has 3 aromatic rings. The van der Waals surface area contributed by atoms with E-state index in [0.29, 0.717) is 22.0 Å². The summed E-state index contributed by atoms with van der Waals surface area (Å²) >= 11 is 2.18. The molecule has 3 rings (SSSR count). The number of rotatable bonds is 2.